The van der Waals surface area contributed by atoms with Crippen LogP contribution in [0.2, 0.25) is 0 Å². The second-order valence-corrected chi connectivity index (χ2v) is 9.36. The largest absolute Gasteiger partial charge is 0.493 e. The van der Waals surface area contributed by atoms with Gasteiger partial charge in [-0.3, -0.25) is 9.59 Å². The van der Waals surface area contributed by atoms with Gasteiger partial charge in [-0.05, 0) is 61.9 Å². The highest BCUT2D eigenvalue weighted by Crippen LogP contribution is 2.21. The maximum atomic E-state index is 13.1. The molecule has 4 atom stereocenters. The Balaban J connectivity index is 1.67. The maximum Gasteiger partial charge on any atom is 0.237 e. The van der Waals surface area contributed by atoms with Crippen LogP contribution in [-0.2, 0) is 9.59 Å². The lowest BCUT2D eigenvalue weighted by Gasteiger charge is -2.23. The number of hydrogen-bond donors (Lipinski definition) is 3. The lowest BCUT2D eigenvalue weighted by Crippen LogP contribution is -2.45. The first-order chi connectivity index (χ1) is 16.5. The molecule has 1 aliphatic heterocycles. The third-order valence-corrected chi connectivity index (χ3v) is 6.47. The predicted molar refractivity (Wildman–Crippen MR) is 136 cm³/mol. The minimum Gasteiger partial charge on any atom is -0.493 e. The fraction of sp³-hybridized carbons (Fsp3) is 0.500. The van der Waals surface area contributed by atoms with Crippen LogP contribution in [0.25, 0.3) is 0 Å². The molecule has 2 aromatic rings. The van der Waals surface area contributed by atoms with Gasteiger partial charge in [0, 0.05) is 6.54 Å². The van der Waals surface area contributed by atoms with Gasteiger partial charge in [0.15, 0.2) is 0 Å². The smallest absolute Gasteiger partial charge is 0.237 e. The monoisotopic (exact) mass is 465 g/mol. The van der Waals surface area contributed by atoms with Gasteiger partial charge in [0.05, 0.1) is 24.6 Å². The van der Waals surface area contributed by atoms with Gasteiger partial charge in [-0.25, -0.2) is 0 Å². The van der Waals surface area contributed by atoms with Crippen LogP contribution in [0.1, 0.15) is 69.5 Å². The summed E-state index contributed by atoms with van der Waals surface area (Å²) >= 11 is 0. The van der Waals surface area contributed by atoms with Crippen molar-refractivity contribution in [2.45, 2.75) is 64.5 Å². The summed E-state index contributed by atoms with van der Waals surface area (Å²) in [6.07, 6.45) is 4.14. The first-order valence-electron chi connectivity index (χ1n) is 12.6. The van der Waals surface area contributed by atoms with Gasteiger partial charge in [0.1, 0.15) is 5.75 Å². The first kappa shape index (κ1) is 25.8. The molecule has 6 nitrogen and oxygen atoms in total. The number of nitrogens with one attached hydrogen (secondary N) is 3. The zero-order chi connectivity index (χ0) is 24.3. The number of carbonyl (C=O) groups is 2. The Bertz CT molecular complexity index is 895. The second-order valence-electron chi connectivity index (χ2n) is 9.36. The van der Waals surface area contributed by atoms with Crippen LogP contribution in [0.15, 0.2) is 54.6 Å². The number of rotatable bonds is 12. The summed E-state index contributed by atoms with van der Waals surface area (Å²) in [5.74, 6) is 0.943. The van der Waals surface area contributed by atoms with Crippen molar-refractivity contribution in [2.75, 3.05) is 19.7 Å². The standard InChI is InChI=1S/C28H39N3O3/c1-4-9-20(2)19-34-24-15-13-23(14-16-24)26(18-30-28(33)25-12-8-17-29-25)31-27(32)21(3)22-10-6-5-7-11-22/h5-7,10-11,13-16,20-21,25-26,29H,4,8-9,12,17-19H2,1-3H3,(H,30,33)(H,31,32)/t20?,21-,25-,26+/m0/s1. The van der Waals surface area contributed by atoms with Gasteiger partial charge in [0.25, 0.3) is 0 Å². The number of carbonyl (C=O) groups excluding carboxylic acids is 2. The Morgan fingerprint density at radius 3 is 2.44 bits per heavy atom. The molecule has 1 heterocycles. The Morgan fingerprint density at radius 1 is 1.06 bits per heavy atom. The Kier molecular flexibility index (Phi) is 9.95. The number of amides is 2. The molecule has 0 saturated carbocycles. The number of hydrogen-bond acceptors (Lipinski definition) is 4. The normalized spacial score (nSPS) is 18.0. The molecule has 3 N–H and O–H groups in total. The summed E-state index contributed by atoms with van der Waals surface area (Å²) in [5, 5.41) is 9.40. The summed E-state index contributed by atoms with van der Waals surface area (Å²) in [6.45, 7) is 8.16. The average molecular weight is 466 g/mol. The third kappa shape index (κ3) is 7.59. The van der Waals surface area contributed by atoms with Crippen molar-refractivity contribution < 1.29 is 14.3 Å². The third-order valence-electron chi connectivity index (χ3n) is 6.47. The summed E-state index contributed by atoms with van der Waals surface area (Å²) < 4.78 is 5.93. The van der Waals surface area contributed by atoms with Gasteiger partial charge in [-0.2, -0.15) is 0 Å². The molecule has 1 aliphatic rings. The molecule has 1 unspecified atom stereocenters. The Labute approximate surface area is 203 Å². The molecule has 184 valence electrons. The van der Waals surface area contributed by atoms with Crippen molar-refractivity contribution in [3.63, 3.8) is 0 Å². The van der Waals surface area contributed by atoms with Crippen molar-refractivity contribution in [2.24, 2.45) is 5.92 Å². The van der Waals surface area contributed by atoms with E-state index < -0.39 is 0 Å². The van der Waals surface area contributed by atoms with E-state index in [0.29, 0.717) is 19.1 Å². The van der Waals surface area contributed by atoms with E-state index in [4.69, 9.17) is 4.74 Å². The lowest BCUT2D eigenvalue weighted by atomic mass is 9.99. The minimum absolute atomic E-state index is 0.0160. The molecule has 34 heavy (non-hydrogen) atoms. The zero-order valence-corrected chi connectivity index (χ0v) is 20.7. The molecular formula is C28H39N3O3. The Hall–Kier alpha value is -2.86. The van der Waals surface area contributed by atoms with Crippen LogP contribution in [-0.4, -0.2) is 37.6 Å². The first-order valence-corrected chi connectivity index (χ1v) is 12.6. The summed E-state index contributed by atoms with van der Waals surface area (Å²) in [4.78, 5) is 25.6. The van der Waals surface area contributed by atoms with Crippen molar-refractivity contribution >= 4 is 11.8 Å². The van der Waals surface area contributed by atoms with Crippen molar-refractivity contribution in [3.05, 3.63) is 65.7 Å². The van der Waals surface area contributed by atoms with Crippen molar-refractivity contribution in [3.8, 4) is 5.75 Å². The lowest BCUT2D eigenvalue weighted by molar-refractivity contribution is -0.125. The van der Waals surface area contributed by atoms with Gasteiger partial charge >= 0.3 is 0 Å². The van der Waals surface area contributed by atoms with Gasteiger partial charge < -0.3 is 20.7 Å². The van der Waals surface area contributed by atoms with Gasteiger partial charge in [0.2, 0.25) is 11.8 Å². The molecule has 1 fully saturated rings. The molecule has 6 heteroatoms. The fourth-order valence-electron chi connectivity index (χ4n) is 4.29. The summed E-state index contributed by atoms with van der Waals surface area (Å²) in [7, 11) is 0. The van der Waals surface area contributed by atoms with Crippen molar-refractivity contribution in [1.29, 1.82) is 0 Å². The molecule has 0 aliphatic carbocycles. The van der Waals surface area contributed by atoms with Gasteiger partial charge in [-0.1, -0.05) is 62.7 Å². The van der Waals surface area contributed by atoms with E-state index in [2.05, 4.69) is 29.8 Å². The van der Waals surface area contributed by atoms with Crippen LogP contribution in [0.5, 0.6) is 5.75 Å². The quantitative estimate of drug-likeness (QED) is 0.436. The molecule has 2 aromatic carbocycles. The summed E-state index contributed by atoms with van der Waals surface area (Å²) in [5.41, 5.74) is 1.89. The molecule has 0 aromatic heterocycles. The summed E-state index contributed by atoms with van der Waals surface area (Å²) in [6, 6.07) is 17.1. The zero-order valence-electron chi connectivity index (χ0n) is 20.7. The van der Waals surface area contributed by atoms with E-state index in [1.165, 1.54) is 0 Å². The molecule has 2 amide bonds. The van der Waals surface area contributed by atoms with E-state index in [1.54, 1.807) is 0 Å². The van der Waals surface area contributed by atoms with E-state index in [0.717, 1.165) is 49.1 Å². The molecule has 0 spiro atoms. The SMILES string of the molecule is CCCC(C)COc1ccc([C@@H](CNC(=O)[C@@H]2CCCN2)NC(=O)[C@@H](C)c2ccccc2)cc1. The predicted octanol–water partition coefficient (Wildman–Crippen LogP) is 4.33. The van der Waals surface area contributed by atoms with Crippen LogP contribution < -0.4 is 20.7 Å². The molecule has 0 radical (unpaired) electrons. The number of benzene rings is 2. The topological polar surface area (TPSA) is 79.5 Å². The molecule has 0 bridgehead atoms. The molecule has 1 saturated heterocycles. The van der Waals surface area contributed by atoms with Crippen LogP contribution in [0.4, 0.5) is 0 Å². The second kappa shape index (κ2) is 13.1. The van der Waals surface area contributed by atoms with Crippen LogP contribution in [0, 0.1) is 5.92 Å². The number of ether oxygens (including phenoxy) is 1. The minimum atomic E-state index is -0.336. The highest BCUT2D eigenvalue weighted by atomic mass is 16.5. The highest BCUT2D eigenvalue weighted by Gasteiger charge is 2.25. The van der Waals surface area contributed by atoms with E-state index in [-0.39, 0.29) is 29.8 Å². The molecule has 3 rings (SSSR count). The van der Waals surface area contributed by atoms with Gasteiger partial charge in [-0.15, -0.1) is 0 Å². The van der Waals surface area contributed by atoms with Crippen LogP contribution in [0.3, 0.4) is 0 Å². The van der Waals surface area contributed by atoms with E-state index in [1.807, 2.05) is 61.5 Å². The van der Waals surface area contributed by atoms with Crippen LogP contribution >= 0.6 is 0 Å². The fourth-order valence-corrected chi connectivity index (χ4v) is 4.29. The highest BCUT2D eigenvalue weighted by molar-refractivity contribution is 5.84. The van der Waals surface area contributed by atoms with E-state index in [9.17, 15) is 9.59 Å². The Morgan fingerprint density at radius 2 is 1.79 bits per heavy atom. The van der Waals surface area contributed by atoms with E-state index >= 15 is 0 Å². The average Bonchev–Trinajstić information content (AvgIpc) is 3.41. The van der Waals surface area contributed by atoms with Crippen molar-refractivity contribution in [1.82, 2.24) is 16.0 Å². The molecular weight excluding hydrogens is 426 g/mol. The maximum absolute atomic E-state index is 13.1.